The van der Waals surface area contributed by atoms with Gasteiger partial charge in [0, 0.05) is 18.7 Å². The van der Waals surface area contributed by atoms with Crippen LogP contribution >= 0.6 is 0 Å². The Bertz CT molecular complexity index is 1120. The molecule has 2 aromatic heterocycles. The summed E-state index contributed by atoms with van der Waals surface area (Å²) < 4.78 is 16.1. The first kappa shape index (κ1) is 21.1. The monoisotopic (exact) mass is 432 g/mol. The van der Waals surface area contributed by atoms with Crippen molar-refractivity contribution in [1.29, 1.82) is 0 Å². The Morgan fingerprint density at radius 3 is 2.74 bits per heavy atom. The Balaban J connectivity index is 1.75. The molecule has 1 aliphatic heterocycles. The quantitative estimate of drug-likeness (QED) is 0.462. The van der Waals surface area contributed by atoms with Crippen molar-refractivity contribution >= 4 is 23.5 Å². The fraction of sp³-hybridized carbons (Fsp3) is 0.524. The lowest BCUT2D eigenvalue weighted by molar-refractivity contribution is -0.686. The fourth-order valence-corrected chi connectivity index (χ4v) is 3.79. The molecule has 0 unspecified atom stereocenters. The minimum absolute atomic E-state index is 0.0354. The van der Waals surface area contributed by atoms with Crippen molar-refractivity contribution in [2.75, 3.05) is 13.1 Å². The number of alkyl halides is 1. The molecule has 1 saturated heterocycles. The number of aromatic hydroxyl groups is 1. The van der Waals surface area contributed by atoms with Gasteiger partial charge in [-0.15, -0.1) is 0 Å². The number of hydrogen-bond acceptors (Lipinski definition) is 4. The minimum atomic E-state index is -1.01. The number of likely N-dealkylation sites (tertiary alicyclic amines) is 1. The highest BCUT2D eigenvalue weighted by Crippen LogP contribution is 2.21. The van der Waals surface area contributed by atoms with Gasteiger partial charge in [0.05, 0.1) is 24.8 Å². The third-order valence-corrected chi connectivity index (χ3v) is 5.51. The molecular formula is C21H27FN5O4+. The first-order valence-electron chi connectivity index (χ1n) is 10.6. The summed E-state index contributed by atoms with van der Waals surface area (Å²) in [6.07, 6.45) is 5.42. The number of nitrogens with zero attached hydrogens (tertiary/aromatic N) is 3. The average molecular weight is 432 g/mol. The van der Waals surface area contributed by atoms with Crippen LogP contribution in [0, 0.1) is 5.92 Å². The first-order chi connectivity index (χ1) is 14.8. The Morgan fingerprint density at radius 2 is 2.13 bits per heavy atom. The van der Waals surface area contributed by atoms with Gasteiger partial charge in [-0.05, 0) is 31.3 Å². The van der Waals surface area contributed by atoms with E-state index in [-0.39, 0.29) is 30.0 Å². The van der Waals surface area contributed by atoms with Crippen LogP contribution in [0.4, 0.5) is 4.39 Å². The molecule has 4 rings (SSSR count). The fourth-order valence-electron chi connectivity index (χ4n) is 3.79. The zero-order valence-electron chi connectivity index (χ0n) is 17.6. The predicted molar refractivity (Wildman–Crippen MR) is 110 cm³/mol. The maximum atomic E-state index is 13.4. The summed E-state index contributed by atoms with van der Waals surface area (Å²) in [6.45, 7) is 4.69. The van der Waals surface area contributed by atoms with Crippen molar-refractivity contribution in [3.8, 4) is 5.88 Å². The molecule has 2 amide bonds. The summed E-state index contributed by atoms with van der Waals surface area (Å²) in [5.74, 6) is -1.22. The van der Waals surface area contributed by atoms with Gasteiger partial charge in [-0.25, -0.2) is 14.3 Å². The number of H-pyrrole nitrogens is 1. The largest absolute Gasteiger partial charge is 0.477 e. The molecule has 166 valence electrons. The zero-order chi connectivity index (χ0) is 22.3. The molecule has 3 N–H and O–H groups in total. The number of aromatic nitrogens is 3. The van der Waals surface area contributed by atoms with E-state index >= 15 is 0 Å². The van der Waals surface area contributed by atoms with Crippen LogP contribution in [0.3, 0.4) is 0 Å². The molecule has 1 atom stereocenters. The highest BCUT2D eigenvalue weighted by atomic mass is 19.1. The van der Waals surface area contributed by atoms with Crippen LogP contribution in [-0.2, 0) is 11.3 Å². The van der Waals surface area contributed by atoms with Crippen molar-refractivity contribution in [3.05, 3.63) is 33.8 Å². The van der Waals surface area contributed by atoms with Gasteiger partial charge >= 0.3 is 17.1 Å². The van der Waals surface area contributed by atoms with Gasteiger partial charge in [0.1, 0.15) is 6.17 Å². The molecule has 1 saturated carbocycles. The first-order valence-corrected chi connectivity index (χ1v) is 10.6. The van der Waals surface area contributed by atoms with Crippen LogP contribution in [0.1, 0.15) is 49.0 Å². The number of nitrogens with one attached hydrogen (secondary N) is 2. The van der Waals surface area contributed by atoms with E-state index in [1.807, 2.05) is 13.8 Å². The van der Waals surface area contributed by atoms with E-state index in [9.17, 15) is 23.9 Å². The van der Waals surface area contributed by atoms with Gasteiger partial charge < -0.3 is 15.3 Å². The summed E-state index contributed by atoms with van der Waals surface area (Å²) in [7, 11) is 0. The molecule has 0 radical (unpaired) electrons. The smallest absolute Gasteiger partial charge is 0.378 e. The highest BCUT2D eigenvalue weighted by Gasteiger charge is 2.34. The Labute approximate surface area is 178 Å². The highest BCUT2D eigenvalue weighted by molar-refractivity contribution is 5.96. The summed E-state index contributed by atoms with van der Waals surface area (Å²) in [4.78, 5) is 39.4. The van der Waals surface area contributed by atoms with E-state index in [1.165, 1.54) is 32.3 Å². The SMILES string of the molecule is CC(C)C[n+]1c(O)c(C(=O)NC2CC2)c(=O)n2[nH]cc(/C=C/C(=O)N3CC[C@@H](F)C3)c21. The Kier molecular flexibility index (Phi) is 5.55. The lowest BCUT2D eigenvalue weighted by Gasteiger charge is -2.12. The van der Waals surface area contributed by atoms with Crippen molar-refractivity contribution in [1.82, 2.24) is 19.8 Å². The Hall–Kier alpha value is -3.17. The van der Waals surface area contributed by atoms with Crippen LogP contribution in [0.5, 0.6) is 5.88 Å². The number of aromatic amines is 1. The summed E-state index contributed by atoms with van der Waals surface area (Å²) in [6, 6.07) is 0.0354. The number of hydrogen-bond donors (Lipinski definition) is 3. The molecule has 9 nitrogen and oxygen atoms in total. The molecule has 10 heteroatoms. The zero-order valence-corrected chi connectivity index (χ0v) is 17.6. The van der Waals surface area contributed by atoms with Crippen LogP contribution in [0.15, 0.2) is 17.1 Å². The molecule has 2 fully saturated rings. The number of carbonyl (C=O) groups excluding carboxylic acids is 2. The summed E-state index contributed by atoms with van der Waals surface area (Å²) in [5.41, 5.74) is -0.152. The molecule has 1 aliphatic carbocycles. The number of amides is 2. The summed E-state index contributed by atoms with van der Waals surface area (Å²) >= 11 is 0. The second-order valence-corrected chi connectivity index (χ2v) is 8.65. The van der Waals surface area contributed by atoms with E-state index < -0.39 is 23.5 Å². The van der Waals surface area contributed by atoms with Crippen LogP contribution in [0.25, 0.3) is 11.7 Å². The van der Waals surface area contributed by atoms with Gasteiger partial charge in [-0.2, -0.15) is 4.57 Å². The van der Waals surface area contributed by atoms with E-state index in [4.69, 9.17) is 0 Å². The maximum Gasteiger partial charge on any atom is 0.378 e. The van der Waals surface area contributed by atoms with Gasteiger partial charge in [0.2, 0.25) is 11.5 Å². The predicted octanol–water partition coefficient (Wildman–Crippen LogP) is 0.753. The number of rotatable bonds is 6. The van der Waals surface area contributed by atoms with E-state index in [2.05, 4.69) is 10.4 Å². The van der Waals surface area contributed by atoms with Gasteiger partial charge in [-0.1, -0.05) is 18.4 Å². The van der Waals surface area contributed by atoms with Crippen molar-refractivity contribution < 1.29 is 23.7 Å². The molecule has 2 aromatic rings. The molecule has 0 spiro atoms. The van der Waals surface area contributed by atoms with Crippen molar-refractivity contribution in [2.45, 2.75) is 51.9 Å². The number of carbonyl (C=O) groups is 2. The van der Waals surface area contributed by atoms with Crippen molar-refractivity contribution in [2.24, 2.45) is 5.92 Å². The lowest BCUT2D eigenvalue weighted by Crippen LogP contribution is -2.46. The summed E-state index contributed by atoms with van der Waals surface area (Å²) in [5, 5.41) is 16.4. The lowest BCUT2D eigenvalue weighted by atomic mass is 10.2. The number of fused-ring (bicyclic) bond motifs is 1. The number of halogens is 1. The second-order valence-electron chi connectivity index (χ2n) is 8.65. The van der Waals surface area contributed by atoms with Gasteiger partial charge in [-0.3, -0.25) is 9.59 Å². The van der Waals surface area contributed by atoms with Crippen LogP contribution in [-0.4, -0.2) is 56.7 Å². The molecule has 3 heterocycles. The molecule has 31 heavy (non-hydrogen) atoms. The molecular weight excluding hydrogens is 405 g/mol. The van der Waals surface area contributed by atoms with Gasteiger partial charge in [0.25, 0.3) is 5.91 Å². The topological polar surface area (TPSA) is 111 Å². The van der Waals surface area contributed by atoms with Gasteiger partial charge in [0.15, 0.2) is 0 Å². The minimum Gasteiger partial charge on any atom is -0.477 e. The molecule has 0 bridgehead atoms. The maximum absolute atomic E-state index is 13.4. The van der Waals surface area contributed by atoms with Crippen LogP contribution in [0.2, 0.25) is 0 Å². The third-order valence-electron chi connectivity index (χ3n) is 5.51. The van der Waals surface area contributed by atoms with Crippen molar-refractivity contribution in [3.63, 3.8) is 0 Å². The molecule has 0 aromatic carbocycles. The second kappa shape index (κ2) is 8.16. The Morgan fingerprint density at radius 1 is 1.39 bits per heavy atom. The van der Waals surface area contributed by atoms with E-state index in [0.29, 0.717) is 30.7 Å². The third kappa shape index (κ3) is 4.19. The standard InChI is InChI=1S/C21H26FN5O4/c1-12(2)10-26-19-13(3-6-16(28)25-8-7-14(22)11-25)9-23-27(19)21(31)17(20(26)30)18(29)24-15-4-5-15/h3,6,9,12,14-15H,4-5,7-8,10-11H2,1-2H3,(H2,24,29,30,31)/p+1/b6-3+/t14-/m1/s1. The average Bonchev–Trinajstić information content (AvgIpc) is 3.24. The normalized spacial score (nSPS) is 19.1. The van der Waals surface area contributed by atoms with E-state index in [0.717, 1.165) is 12.8 Å². The van der Waals surface area contributed by atoms with Crippen LogP contribution < -0.4 is 15.4 Å². The molecule has 2 aliphatic rings. The van der Waals surface area contributed by atoms with E-state index in [1.54, 1.807) is 0 Å².